The number of fused-ring (bicyclic) bond motifs is 2. The van der Waals surface area contributed by atoms with Crippen molar-refractivity contribution in [3.63, 3.8) is 0 Å². The van der Waals surface area contributed by atoms with Crippen LogP contribution < -0.4 is 11.1 Å². The van der Waals surface area contributed by atoms with Crippen molar-refractivity contribution in [2.75, 3.05) is 12.3 Å². The van der Waals surface area contributed by atoms with E-state index in [0.29, 0.717) is 24.4 Å². The quantitative estimate of drug-likeness (QED) is 0.359. The molecule has 144 valence electrons. The van der Waals surface area contributed by atoms with Gasteiger partial charge in [0, 0.05) is 39.1 Å². The Morgan fingerprint density at radius 3 is 2.86 bits per heavy atom. The predicted octanol–water partition coefficient (Wildman–Crippen LogP) is 3.12. The van der Waals surface area contributed by atoms with Crippen LogP contribution in [0, 0.1) is 0 Å². The number of anilines is 1. The molecule has 0 saturated heterocycles. The van der Waals surface area contributed by atoms with Gasteiger partial charge in [-0.2, -0.15) is 15.2 Å². The summed E-state index contributed by atoms with van der Waals surface area (Å²) in [5, 5.41) is 18.8. The van der Waals surface area contributed by atoms with Crippen molar-refractivity contribution in [3.8, 4) is 10.4 Å². The van der Waals surface area contributed by atoms with Crippen molar-refractivity contribution >= 4 is 44.2 Å². The topological polar surface area (TPSA) is 125 Å². The van der Waals surface area contributed by atoms with Gasteiger partial charge in [0.1, 0.15) is 0 Å². The zero-order valence-corrected chi connectivity index (χ0v) is 16.1. The number of nitrogens with two attached hydrogens (primary N) is 1. The standard InChI is InChI=1S/C20H17N7OS/c21-20-24-17(25-27-20)5-6-22-19(28)12-7-13-10-23-26-18(13)14(8-12)16-9-11-3-1-2-4-15(11)29-16/h1-4,7-10H,5-6H2,(H,22,28)(H,23,26)(H3,21,24,25,27). The minimum Gasteiger partial charge on any atom is -0.368 e. The molecule has 0 spiro atoms. The first kappa shape index (κ1) is 17.4. The van der Waals surface area contributed by atoms with E-state index in [4.69, 9.17) is 5.73 Å². The summed E-state index contributed by atoms with van der Waals surface area (Å²) in [5.74, 6) is 0.683. The molecule has 0 radical (unpaired) electrons. The first-order chi connectivity index (χ1) is 14.2. The van der Waals surface area contributed by atoms with E-state index in [1.807, 2.05) is 24.3 Å². The number of rotatable bonds is 5. The van der Waals surface area contributed by atoms with Crippen LogP contribution in [0.5, 0.6) is 0 Å². The Balaban J connectivity index is 1.44. The summed E-state index contributed by atoms with van der Waals surface area (Å²) < 4.78 is 1.20. The summed E-state index contributed by atoms with van der Waals surface area (Å²) >= 11 is 1.70. The zero-order chi connectivity index (χ0) is 19.8. The van der Waals surface area contributed by atoms with Crippen molar-refractivity contribution in [3.05, 3.63) is 60.0 Å². The van der Waals surface area contributed by atoms with Crippen molar-refractivity contribution < 1.29 is 4.79 Å². The lowest BCUT2D eigenvalue weighted by molar-refractivity contribution is 0.0954. The van der Waals surface area contributed by atoms with Crippen LogP contribution in [-0.4, -0.2) is 37.8 Å². The predicted molar refractivity (Wildman–Crippen MR) is 114 cm³/mol. The Bertz CT molecular complexity index is 1300. The monoisotopic (exact) mass is 403 g/mol. The molecule has 0 unspecified atom stereocenters. The third kappa shape index (κ3) is 3.32. The maximum Gasteiger partial charge on any atom is 0.251 e. The van der Waals surface area contributed by atoms with Crippen LogP contribution in [0.15, 0.2) is 48.7 Å². The maximum absolute atomic E-state index is 12.7. The molecule has 1 amide bonds. The van der Waals surface area contributed by atoms with E-state index in [0.717, 1.165) is 21.3 Å². The van der Waals surface area contributed by atoms with Gasteiger partial charge in [0.25, 0.3) is 5.91 Å². The van der Waals surface area contributed by atoms with Gasteiger partial charge in [0.2, 0.25) is 5.95 Å². The van der Waals surface area contributed by atoms with Gasteiger partial charge in [0.05, 0.1) is 11.7 Å². The Labute approximate surface area is 169 Å². The van der Waals surface area contributed by atoms with Crippen molar-refractivity contribution in [2.45, 2.75) is 6.42 Å². The van der Waals surface area contributed by atoms with Crippen LogP contribution in [-0.2, 0) is 6.42 Å². The second kappa shape index (κ2) is 7.02. The minimum absolute atomic E-state index is 0.154. The number of carbonyl (C=O) groups excluding carboxylic acids is 1. The number of nitrogens with one attached hydrogen (secondary N) is 3. The van der Waals surface area contributed by atoms with Gasteiger partial charge in [0.15, 0.2) is 5.82 Å². The SMILES string of the molecule is Nc1nc(CCNC(=O)c2cc(-c3cc4ccccc4s3)c3[nH]ncc3c2)n[nH]1. The molecule has 5 aromatic rings. The van der Waals surface area contributed by atoms with E-state index in [2.05, 4.69) is 48.9 Å². The Morgan fingerprint density at radius 1 is 1.14 bits per heavy atom. The van der Waals surface area contributed by atoms with E-state index in [-0.39, 0.29) is 11.9 Å². The van der Waals surface area contributed by atoms with E-state index in [1.165, 1.54) is 10.1 Å². The molecular weight excluding hydrogens is 386 g/mol. The van der Waals surface area contributed by atoms with E-state index in [9.17, 15) is 4.79 Å². The number of H-pyrrole nitrogens is 2. The fraction of sp³-hybridized carbons (Fsp3) is 0.100. The molecule has 0 aliphatic rings. The fourth-order valence-electron chi connectivity index (χ4n) is 3.31. The van der Waals surface area contributed by atoms with E-state index in [1.54, 1.807) is 17.5 Å². The second-order valence-corrected chi connectivity index (χ2v) is 7.73. The first-order valence-electron chi connectivity index (χ1n) is 9.08. The second-order valence-electron chi connectivity index (χ2n) is 6.65. The highest BCUT2D eigenvalue weighted by Crippen LogP contribution is 2.37. The molecule has 8 nitrogen and oxygen atoms in total. The summed E-state index contributed by atoms with van der Waals surface area (Å²) in [7, 11) is 0. The summed E-state index contributed by atoms with van der Waals surface area (Å²) in [4.78, 5) is 17.9. The summed E-state index contributed by atoms with van der Waals surface area (Å²) in [6.07, 6.45) is 2.23. The maximum atomic E-state index is 12.7. The molecule has 9 heteroatoms. The number of hydrogen-bond donors (Lipinski definition) is 4. The third-order valence-corrected chi connectivity index (χ3v) is 5.83. The minimum atomic E-state index is -0.154. The van der Waals surface area contributed by atoms with Gasteiger partial charge in [-0.25, -0.2) is 5.10 Å². The number of benzene rings is 2. The van der Waals surface area contributed by atoms with Gasteiger partial charge in [-0.15, -0.1) is 11.3 Å². The van der Waals surface area contributed by atoms with Gasteiger partial charge >= 0.3 is 0 Å². The average Bonchev–Trinajstić information content (AvgIpc) is 3.46. The number of nitrogen functional groups attached to an aromatic ring is 1. The Morgan fingerprint density at radius 2 is 2.03 bits per heavy atom. The average molecular weight is 403 g/mol. The van der Waals surface area contributed by atoms with Crippen molar-refractivity contribution in [2.24, 2.45) is 0 Å². The molecule has 0 bridgehead atoms. The number of thiophene rings is 1. The van der Waals surface area contributed by atoms with Crippen LogP contribution in [0.25, 0.3) is 31.4 Å². The molecule has 3 heterocycles. The molecule has 0 aliphatic heterocycles. The van der Waals surface area contributed by atoms with Crippen LogP contribution in [0.4, 0.5) is 5.95 Å². The zero-order valence-electron chi connectivity index (χ0n) is 15.3. The van der Waals surface area contributed by atoms with Crippen molar-refractivity contribution in [1.82, 2.24) is 30.7 Å². The number of aromatic amines is 2. The number of carbonyl (C=O) groups is 1. The lowest BCUT2D eigenvalue weighted by Crippen LogP contribution is -2.26. The first-order valence-corrected chi connectivity index (χ1v) is 9.90. The molecule has 29 heavy (non-hydrogen) atoms. The molecule has 0 saturated carbocycles. The largest absolute Gasteiger partial charge is 0.368 e. The van der Waals surface area contributed by atoms with E-state index < -0.39 is 0 Å². The lowest BCUT2D eigenvalue weighted by Gasteiger charge is -2.07. The summed E-state index contributed by atoms with van der Waals surface area (Å²) in [6, 6.07) is 14.1. The number of aromatic nitrogens is 5. The smallest absolute Gasteiger partial charge is 0.251 e. The van der Waals surface area contributed by atoms with E-state index >= 15 is 0 Å². The van der Waals surface area contributed by atoms with Crippen LogP contribution in [0.3, 0.4) is 0 Å². The Kier molecular flexibility index (Phi) is 4.21. The molecule has 0 fully saturated rings. The molecule has 3 aromatic heterocycles. The molecular formula is C20H17N7OS. The molecule has 2 aromatic carbocycles. The highest BCUT2D eigenvalue weighted by atomic mass is 32.1. The van der Waals surface area contributed by atoms with Gasteiger partial charge in [-0.3, -0.25) is 9.89 Å². The van der Waals surface area contributed by atoms with Crippen LogP contribution in [0.1, 0.15) is 16.2 Å². The molecule has 0 aliphatic carbocycles. The lowest BCUT2D eigenvalue weighted by atomic mass is 10.0. The normalized spacial score (nSPS) is 11.3. The molecule has 5 rings (SSSR count). The molecule has 5 N–H and O–H groups in total. The van der Waals surface area contributed by atoms with Gasteiger partial charge in [-0.05, 0) is 29.7 Å². The van der Waals surface area contributed by atoms with Gasteiger partial charge < -0.3 is 11.1 Å². The number of nitrogens with zero attached hydrogens (tertiary/aromatic N) is 3. The van der Waals surface area contributed by atoms with Crippen LogP contribution >= 0.6 is 11.3 Å². The Hall–Kier alpha value is -3.72. The fourth-order valence-corrected chi connectivity index (χ4v) is 4.40. The van der Waals surface area contributed by atoms with Crippen LogP contribution in [0.2, 0.25) is 0 Å². The summed E-state index contributed by atoms with van der Waals surface area (Å²) in [5.41, 5.74) is 7.99. The number of amides is 1. The van der Waals surface area contributed by atoms with Gasteiger partial charge in [-0.1, -0.05) is 18.2 Å². The highest BCUT2D eigenvalue weighted by molar-refractivity contribution is 7.22. The highest BCUT2D eigenvalue weighted by Gasteiger charge is 2.15. The number of hydrogen-bond acceptors (Lipinski definition) is 6. The third-order valence-electron chi connectivity index (χ3n) is 4.69. The molecule has 0 atom stereocenters. The van der Waals surface area contributed by atoms with Crippen molar-refractivity contribution in [1.29, 1.82) is 0 Å². The summed E-state index contributed by atoms with van der Waals surface area (Å²) in [6.45, 7) is 0.414.